The highest BCUT2D eigenvalue weighted by molar-refractivity contribution is 8.00. The van der Waals surface area contributed by atoms with Crippen LogP contribution >= 0.6 is 23.3 Å². The molecule has 1 N–H and O–H groups in total. The maximum atomic E-state index is 4.59. The minimum absolute atomic E-state index is 1.03. The second kappa shape index (κ2) is 7.62. The molecule has 1 aromatic heterocycles. The number of hydrogen-bond donors (Lipinski definition) is 1. The fourth-order valence-electron chi connectivity index (χ4n) is 3.10. The van der Waals surface area contributed by atoms with E-state index in [2.05, 4.69) is 94.7 Å². The summed E-state index contributed by atoms with van der Waals surface area (Å²) in [5, 5.41) is 5.72. The van der Waals surface area contributed by atoms with Crippen LogP contribution in [0.15, 0.2) is 70.9 Å². The number of aryl methyl sites for hydroxylation is 1. The van der Waals surface area contributed by atoms with Crippen molar-refractivity contribution in [3.63, 3.8) is 0 Å². The summed E-state index contributed by atoms with van der Waals surface area (Å²) in [5.74, 6) is 0. The summed E-state index contributed by atoms with van der Waals surface area (Å²) in [7, 11) is 4.16. The van der Waals surface area contributed by atoms with Crippen LogP contribution in [0.2, 0.25) is 0 Å². The van der Waals surface area contributed by atoms with Crippen LogP contribution in [0.1, 0.15) is 5.01 Å². The van der Waals surface area contributed by atoms with Crippen molar-refractivity contribution in [2.75, 3.05) is 23.7 Å². The molecule has 3 nitrogen and oxygen atoms in total. The van der Waals surface area contributed by atoms with Gasteiger partial charge in [-0.3, -0.25) is 0 Å². The van der Waals surface area contributed by atoms with E-state index in [0.717, 1.165) is 22.0 Å². The fraction of sp³-hybridized carbons (Fsp3) is 0.136. The van der Waals surface area contributed by atoms with Crippen LogP contribution in [0.25, 0.3) is 22.0 Å². The van der Waals surface area contributed by atoms with Gasteiger partial charge in [0, 0.05) is 46.7 Å². The van der Waals surface area contributed by atoms with E-state index < -0.39 is 0 Å². The number of anilines is 2. The molecule has 0 radical (unpaired) electrons. The Labute approximate surface area is 168 Å². The monoisotopic (exact) mass is 391 g/mol. The Hall–Kier alpha value is -2.50. The molecule has 4 aromatic rings. The van der Waals surface area contributed by atoms with Crippen LogP contribution < -0.4 is 9.62 Å². The normalized spacial score (nSPS) is 10.9. The lowest BCUT2D eigenvalue weighted by Crippen LogP contribution is -2.08. The Morgan fingerprint density at radius 3 is 2.52 bits per heavy atom. The predicted octanol–water partition coefficient (Wildman–Crippen LogP) is 6.46. The van der Waals surface area contributed by atoms with Crippen LogP contribution in [0.3, 0.4) is 0 Å². The van der Waals surface area contributed by atoms with Crippen molar-refractivity contribution in [3.8, 4) is 11.3 Å². The van der Waals surface area contributed by atoms with Crippen molar-refractivity contribution in [1.82, 2.24) is 4.98 Å². The summed E-state index contributed by atoms with van der Waals surface area (Å²) < 4.78 is 3.50. The second-order valence-electron chi connectivity index (χ2n) is 6.56. The highest BCUT2D eigenvalue weighted by Gasteiger charge is 2.08. The fourth-order valence-corrected chi connectivity index (χ4v) is 4.51. The van der Waals surface area contributed by atoms with Crippen molar-refractivity contribution in [3.05, 3.63) is 71.1 Å². The first kappa shape index (κ1) is 17.9. The third kappa shape index (κ3) is 3.80. The van der Waals surface area contributed by atoms with E-state index in [9.17, 15) is 0 Å². The zero-order valence-electron chi connectivity index (χ0n) is 15.6. The number of aromatic nitrogens is 1. The lowest BCUT2D eigenvalue weighted by atomic mass is 10.1. The molecule has 0 saturated heterocycles. The van der Waals surface area contributed by atoms with Crippen LogP contribution in [0, 0.1) is 6.92 Å². The smallest absolute Gasteiger partial charge is 0.0901 e. The Morgan fingerprint density at radius 2 is 1.74 bits per heavy atom. The van der Waals surface area contributed by atoms with Gasteiger partial charge in [0.25, 0.3) is 0 Å². The first-order valence-corrected chi connectivity index (χ1v) is 10.5. The molecular formula is C22H21N3S2. The van der Waals surface area contributed by atoms with Gasteiger partial charge in [-0.2, -0.15) is 0 Å². The Morgan fingerprint density at radius 1 is 0.963 bits per heavy atom. The van der Waals surface area contributed by atoms with Gasteiger partial charge < -0.3 is 9.62 Å². The minimum atomic E-state index is 1.03. The van der Waals surface area contributed by atoms with Crippen LogP contribution in [0.5, 0.6) is 0 Å². The predicted molar refractivity (Wildman–Crippen MR) is 120 cm³/mol. The van der Waals surface area contributed by atoms with Gasteiger partial charge in [0.1, 0.15) is 0 Å². The van der Waals surface area contributed by atoms with Crippen LogP contribution in [0.4, 0.5) is 11.4 Å². The molecule has 0 saturated carbocycles. The topological polar surface area (TPSA) is 28.2 Å². The van der Waals surface area contributed by atoms with Gasteiger partial charge >= 0.3 is 0 Å². The molecule has 0 aliphatic carbocycles. The van der Waals surface area contributed by atoms with Gasteiger partial charge in [0.05, 0.1) is 10.7 Å². The molecule has 27 heavy (non-hydrogen) atoms. The largest absolute Gasteiger partial charge is 0.377 e. The summed E-state index contributed by atoms with van der Waals surface area (Å²) in [6.07, 6.45) is 0. The van der Waals surface area contributed by atoms with Gasteiger partial charge in [-0.05, 0) is 48.5 Å². The molecule has 4 rings (SSSR count). The Kier molecular flexibility index (Phi) is 5.05. The molecule has 0 atom stereocenters. The number of nitrogens with zero attached hydrogens (tertiary/aromatic N) is 2. The number of benzene rings is 3. The average Bonchev–Trinajstić information content (AvgIpc) is 3.12. The van der Waals surface area contributed by atoms with Crippen LogP contribution in [-0.2, 0) is 0 Å². The maximum Gasteiger partial charge on any atom is 0.0901 e. The SMILES string of the molecule is Cc1nc(-c2cccc(NSc3cccc4c(N(C)C)cccc34)c2)cs1. The van der Waals surface area contributed by atoms with Crippen molar-refractivity contribution < 1.29 is 0 Å². The molecule has 0 unspecified atom stereocenters. The number of hydrogen-bond acceptors (Lipinski definition) is 5. The van der Waals surface area contributed by atoms with Gasteiger partial charge in [0.15, 0.2) is 0 Å². The highest BCUT2D eigenvalue weighted by atomic mass is 32.2. The zero-order valence-corrected chi connectivity index (χ0v) is 17.2. The van der Waals surface area contributed by atoms with E-state index in [0.29, 0.717) is 0 Å². The molecule has 0 fully saturated rings. The maximum absolute atomic E-state index is 4.59. The van der Waals surface area contributed by atoms with E-state index in [1.165, 1.54) is 21.4 Å². The summed E-state index contributed by atoms with van der Waals surface area (Å²) in [5.41, 5.74) is 4.48. The van der Waals surface area contributed by atoms with Crippen molar-refractivity contribution in [2.45, 2.75) is 11.8 Å². The van der Waals surface area contributed by atoms with E-state index in [4.69, 9.17) is 0 Å². The molecule has 3 aromatic carbocycles. The quantitative estimate of drug-likeness (QED) is 0.395. The lowest BCUT2D eigenvalue weighted by Gasteiger charge is -2.17. The molecule has 136 valence electrons. The summed E-state index contributed by atoms with van der Waals surface area (Å²) in [6.45, 7) is 2.04. The number of nitrogens with one attached hydrogen (secondary N) is 1. The minimum Gasteiger partial charge on any atom is -0.377 e. The van der Waals surface area contributed by atoms with Gasteiger partial charge in [-0.25, -0.2) is 4.98 Å². The summed E-state index contributed by atoms with van der Waals surface area (Å²) in [6, 6.07) is 21.3. The molecule has 1 heterocycles. The second-order valence-corrected chi connectivity index (χ2v) is 8.47. The zero-order chi connectivity index (χ0) is 18.8. The number of fused-ring (bicyclic) bond motifs is 1. The van der Waals surface area contributed by atoms with Gasteiger partial charge in [0.2, 0.25) is 0 Å². The Balaban J connectivity index is 1.60. The van der Waals surface area contributed by atoms with Crippen LogP contribution in [-0.4, -0.2) is 19.1 Å². The van der Waals surface area contributed by atoms with Crippen molar-refractivity contribution in [2.24, 2.45) is 0 Å². The first-order chi connectivity index (χ1) is 13.1. The number of thiazole rings is 1. The summed E-state index contributed by atoms with van der Waals surface area (Å²) in [4.78, 5) is 7.96. The third-order valence-corrected chi connectivity index (χ3v) is 6.08. The molecule has 0 aliphatic rings. The molecule has 0 aliphatic heterocycles. The first-order valence-electron chi connectivity index (χ1n) is 8.76. The van der Waals surface area contributed by atoms with E-state index in [-0.39, 0.29) is 0 Å². The highest BCUT2D eigenvalue weighted by Crippen LogP contribution is 2.34. The van der Waals surface area contributed by atoms with E-state index in [1.54, 1.807) is 23.3 Å². The van der Waals surface area contributed by atoms with Crippen molar-refractivity contribution in [1.29, 1.82) is 0 Å². The standard InChI is InChI=1S/C22H21N3S2/c1-15-23-20(14-26-15)16-7-4-8-17(13-16)24-27-22-12-6-9-18-19(22)10-5-11-21(18)25(2)3/h4-14,24H,1-3H3. The Bertz CT molecular complexity index is 1090. The summed E-state index contributed by atoms with van der Waals surface area (Å²) >= 11 is 3.33. The lowest BCUT2D eigenvalue weighted by molar-refractivity contribution is 1.14. The van der Waals surface area contributed by atoms with E-state index >= 15 is 0 Å². The van der Waals surface area contributed by atoms with Gasteiger partial charge in [-0.15, -0.1) is 11.3 Å². The molecule has 5 heteroatoms. The average molecular weight is 392 g/mol. The molecule has 0 bridgehead atoms. The third-order valence-electron chi connectivity index (χ3n) is 4.40. The molecule has 0 amide bonds. The van der Waals surface area contributed by atoms with Crippen molar-refractivity contribution >= 4 is 45.4 Å². The number of rotatable bonds is 5. The van der Waals surface area contributed by atoms with Gasteiger partial charge in [-0.1, -0.05) is 36.4 Å². The van der Waals surface area contributed by atoms with E-state index in [1.807, 2.05) is 6.92 Å². The molecule has 0 spiro atoms. The molecular weight excluding hydrogens is 370 g/mol.